The number of ether oxygens (including phenoxy) is 1. The first-order valence-electron chi connectivity index (χ1n) is 10.8. The van der Waals surface area contributed by atoms with E-state index < -0.39 is 10.0 Å². The van der Waals surface area contributed by atoms with E-state index in [-0.39, 0.29) is 29.7 Å². The van der Waals surface area contributed by atoms with Crippen LogP contribution in [0.15, 0.2) is 29.3 Å². The van der Waals surface area contributed by atoms with Crippen LogP contribution in [0, 0.1) is 0 Å². The van der Waals surface area contributed by atoms with Crippen molar-refractivity contribution in [1.29, 1.82) is 0 Å². The SMILES string of the molecule is CCNC(=NCc1ccccc1CN1CCOCC1)NCCCN(C)S(=O)(=O)CC.I. The highest BCUT2D eigenvalue weighted by molar-refractivity contribution is 14.0. The first-order chi connectivity index (χ1) is 14.5. The van der Waals surface area contributed by atoms with Gasteiger partial charge in [0.05, 0.1) is 25.5 Å². The third-order valence-electron chi connectivity index (χ3n) is 5.15. The molecule has 10 heteroatoms. The van der Waals surface area contributed by atoms with E-state index in [4.69, 9.17) is 9.73 Å². The second-order valence-electron chi connectivity index (χ2n) is 7.35. The fourth-order valence-corrected chi connectivity index (χ4v) is 4.09. The van der Waals surface area contributed by atoms with Crippen molar-refractivity contribution in [2.75, 3.05) is 58.7 Å². The molecule has 2 rings (SSSR count). The monoisotopic (exact) mass is 567 g/mol. The summed E-state index contributed by atoms with van der Waals surface area (Å²) in [6.07, 6.45) is 0.716. The number of guanidine groups is 1. The molecule has 0 aromatic heterocycles. The molecule has 0 aliphatic carbocycles. The maximum atomic E-state index is 11.8. The molecule has 0 bridgehead atoms. The maximum Gasteiger partial charge on any atom is 0.213 e. The molecule has 1 aliphatic rings. The quantitative estimate of drug-likeness (QED) is 0.184. The normalized spacial score (nSPS) is 15.5. The van der Waals surface area contributed by atoms with Crippen LogP contribution >= 0.6 is 24.0 Å². The second-order valence-corrected chi connectivity index (χ2v) is 9.72. The number of sulfonamides is 1. The summed E-state index contributed by atoms with van der Waals surface area (Å²) in [5.74, 6) is 0.880. The van der Waals surface area contributed by atoms with Gasteiger partial charge in [0.15, 0.2) is 5.96 Å². The highest BCUT2D eigenvalue weighted by Gasteiger charge is 2.14. The minimum Gasteiger partial charge on any atom is -0.379 e. The van der Waals surface area contributed by atoms with E-state index in [9.17, 15) is 8.42 Å². The Morgan fingerprint density at radius 1 is 1.16 bits per heavy atom. The molecular formula is C21H38IN5O3S. The van der Waals surface area contributed by atoms with Crippen molar-refractivity contribution in [3.05, 3.63) is 35.4 Å². The molecule has 0 amide bonds. The van der Waals surface area contributed by atoms with Crippen LogP contribution in [0.5, 0.6) is 0 Å². The number of hydrogen-bond acceptors (Lipinski definition) is 5. The first kappa shape index (κ1) is 28.1. The van der Waals surface area contributed by atoms with E-state index in [1.165, 1.54) is 15.4 Å². The Hall–Kier alpha value is -0.950. The second kappa shape index (κ2) is 15.0. The van der Waals surface area contributed by atoms with Crippen LogP contribution < -0.4 is 10.6 Å². The van der Waals surface area contributed by atoms with Gasteiger partial charge in [0.2, 0.25) is 10.0 Å². The van der Waals surface area contributed by atoms with E-state index >= 15 is 0 Å². The van der Waals surface area contributed by atoms with Crippen LogP contribution in [-0.4, -0.2) is 82.3 Å². The summed E-state index contributed by atoms with van der Waals surface area (Å²) >= 11 is 0. The average Bonchev–Trinajstić information content (AvgIpc) is 2.76. The third-order valence-corrected chi connectivity index (χ3v) is 7.01. The molecule has 0 saturated carbocycles. The van der Waals surface area contributed by atoms with Gasteiger partial charge in [-0.3, -0.25) is 4.90 Å². The summed E-state index contributed by atoms with van der Waals surface area (Å²) < 4.78 is 30.5. The van der Waals surface area contributed by atoms with E-state index in [0.29, 0.717) is 26.1 Å². The van der Waals surface area contributed by atoms with Gasteiger partial charge in [-0.2, -0.15) is 0 Å². The Kier molecular flexibility index (Phi) is 13.6. The van der Waals surface area contributed by atoms with Crippen LogP contribution in [0.1, 0.15) is 31.4 Å². The van der Waals surface area contributed by atoms with Crippen molar-refractivity contribution in [3.63, 3.8) is 0 Å². The summed E-state index contributed by atoms with van der Waals surface area (Å²) in [5.41, 5.74) is 2.51. The minimum atomic E-state index is -3.12. The Morgan fingerprint density at radius 2 is 1.84 bits per heavy atom. The van der Waals surface area contributed by atoms with E-state index in [2.05, 4.69) is 39.8 Å². The number of nitrogens with one attached hydrogen (secondary N) is 2. The predicted octanol–water partition coefficient (Wildman–Crippen LogP) is 1.86. The van der Waals surface area contributed by atoms with Crippen LogP contribution in [0.25, 0.3) is 0 Å². The largest absolute Gasteiger partial charge is 0.379 e. The topological polar surface area (TPSA) is 86.3 Å². The molecular weight excluding hydrogens is 529 g/mol. The molecule has 8 nitrogen and oxygen atoms in total. The molecule has 178 valence electrons. The average molecular weight is 568 g/mol. The molecule has 1 aromatic rings. The number of aliphatic imine (C=N–C) groups is 1. The lowest BCUT2D eigenvalue weighted by Gasteiger charge is -2.27. The van der Waals surface area contributed by atoms with Gasteiger partial charge in [0, 0.05) is 46.3 Å². The summed E-state index contributed by atoms with van der Waals surface area (Å²) in [5, 5.41) is 6.57. The number of benzene rings is 1. The van der Waals surface area contributed by atoms with Crippen molar-refractivity contribution in [2.24, 2.45) is 4.99 Å². The number of morpholine rings is 1. The lowest BCUT2D eigenvalue weighted by Crippen LogP contribution is -2.39. The molecule has 1 heterocycles. The zero-order valence-electron chi connectivity index (χ0n) is 19.0. The molecule has 1 saturated heterocycles. The van der Waals surface area contributed by atoms with Crippen molar-refractivity contribution in [2.45, 2.75) is 33.4 Å². The lowest BCUT2D eigenvalue weighted by atomic mass is 10.1. The van der Waals surface area contributed by atoms with Gasteiger partial charge in [-0.05, 0) is 31.4 Å². The van der Waals surface area contributed by atoms with Gasteiger partial charge in [0.1, 0.15) is 0 Å². The molecule has 1 fully saturated rings. The van der Waals surface area contributed by atoms with Crippen LogP contribution in [0.3, 0.4) is 0 Å². The Labute approximate surface area is 204 Å². The number of rotatable bonds is 11. The zero-order chi connectivity index (χ0) is 21.8. The molecule has 2 N–H and O–H groups in total. The summed E-state index contributed by atoms with van der Waals surface area (Å²) in [7, 11) is -1.50. The molecule has 1 aliphatic heterocycles. The standard InChI is InChI=1S/C21H37N5O3S.HI/c1-4-22-21(23-11-8-12-25(3)30(27,28)5-2)24-17-19-9-6-7-10-20(19)18-26-13-15-29-16-14-26;/h6-7,9-10H,4-5,8,11-18H2,1-3H3,(H2,22,23,24);1H. The fourth-order valence-electron chi connectivity index (χ4n) is 3.24. The highest BCUT2D eigenvalue weighted by Crippen LogP contribution is 2.14. The van der Waals surface area contributed by atoms with Crippen molar-refractivity contribution in [3.8, 4) is 0 Å². The highest BCUT2D eigenvalue weighted by atomic mass is 127. The number of nitrogens with zero attached hydrogens (tertiary/aromatic N) is 3. The van der Waals surface area contributed by atoms with Crippen LogP contribution in [0.4, 0.5) is 0 Å². The summed E-state index contributed by atoms with van der Waals surface area (Å²) in [4.78, 5) is 7.15. The molecule has 0 atom stereocenters. The van der Waals surface area contributed by atoms with Crippen molar-refractivity contribution >= 4 is 40.0 Å². The van der Waals surface area contributed by atoms with Crippen LogP contribution in [0.2, 0.25) is 0 Å². The van der Waals surface area contributed by atoms with Gasteiger partial charge in [-0.25, -0.2) is 17.7 Å². The molecule has 31 heavy (non-hydrogen) atoms. The van der Waals surface area contributed by atoms with Crippen molar-refractivity contribution < 1.29 is 13.2 Å². The van der Waals surface area contributed by atoms with Gasteiger partial charge in [0.25, 0.3) is 0 Å². The summed E-state index contributed by atoms with van der Waals surface area (Å²) in [6, 6.07) is 8.43. The van der Waals surface area contributed by atoms with E-state index in [0.717, 1.165) is 45.4 Å². The lowest BCUT2D eigenvalue weighted by molar-refractivity contribution is 0.0341. The van der Waals surface area contributed by atoms with E-state index in [1.807, 2.05) is 6.92 Å². The third kappa shape index (κ3) is 10.0. The zero-order valence-corrected chi connectivity index (χ0v) is 22.1. The number of hydrogen-bond donors (Lipinski definition) is 2. The maximum absolute atomic E-state index is 11.8. The van der Waals surface area contributed by atoms with Gasteiger partial charge >= 0.3 is 0 Å². The smallest absolute Gasteiger partial charge is 0.213 e. The Morgan fingerprint density at radius 3 is 2.48 bits per heavy atom. The predicted molar refractivity (Wildman–Crippen MR) is 137 cm³/mol. The van der Waals surface area contributed by atoms with Gasteiger partial charge in [-0.15, -0.1) is 24.0 Å². The van der Waals surface area contributed by atoms with E-state index in [1.54, 1.807) is 14.0 Å². The van der Waals surface area contributed by atoms with Crippen molar-refractivity contribution in [1.82, 2.24) is 19.8 Å². The summed E-state index contributed by atoms with van der Waals surface area (Å²) in [6.45, 7) is 10.6. The fraction of sp³-hybridized carbons (Fsp3) is 0.667. The number of halogens is 1. The Bertz CT molecular complexity index is 770. The molecule has 1 aromatic carbocycles. The van der Waals surface area contributed by atoms with Gasteiger partial charge < -0.3 is 15.4 Å². The Balaban J connectivity index is 0.00000480. The first-order valence-corrected chi connectivity index (χ1v) is 12.4. The molecule has 0 unspecified atom stereocenters. The van der Waals surface area contributed by atoms with Crippen LogP contribution in [-0.2, 0) is 27.8 Å². The van der Waals surface area contributed by atoms with Gasteiger partial charge in [-0.1, -0.05) is 24.3 Å². The minimum absolute atomic E-state index is 0. The molecule has 0 radical (unpaired) electrons. The molecule has 0 spiro atoms.